The van der Waals surface area contributed by atoms with Crippen LogP contribution in [0.1, 0.15) is 48.7 Å². The molecule has 2 aromatic carbocycles. The Bertz CT molecular complexity index is 1200. The van der Waals surface area contributed by atoms with E-state index in [1.807, 2.05) is 54.3 Å². The van der Waals surface area contributed by atoms with Crippen LogP contribution in [-0.2, 0) is 16.4 Å². The number of para-hydroxylation sites is 1. The van der Waals surface area contributed by atoms with Crippen molar-refractivity contribution in [2.45, 2.75) is 61.4 Å². The molecule has 0 aliphatic heterocycles. The normalized spacial score (nSPS) is 21.3. The van der Waals surface area contributed by atoms with Crippen molar-refractivity contribution in [3.05, 3.63) is 65.9 Å². The number of carbonyl (C=O) groups is 1. The average molecular weight is 500 g/mol. The topological polar surface area (TPSA) is 82.3 Å². The fraction of sp³-hybridized carbons (Fsp3) is 0.423. The Labute approximate surface area is 207 Å². The largest absolute Gasteiger partial charge is 0.351 e. The van der Waals surface area contributed by atoms with Gasteiger partial charge in [-0.3, -0.25) is 4.79 Å². The third-order valence-corrected chi connectivity index (χ3v) is 8.50. The summed E-state index contributed by atoms with van der Waals surface area (Å²) >= 11 is 4.87. The number of rotatable bonds is 7. The molecular formula is C26H33N3O3S2. The Balaban J connectivity index is 1.46. The van der Waals surface area contributed by atoms with E-state index in [4.69, 9.17) is 12.6 Å². The minimum atomic E-state index is -3.20. The fourth-order valence-corrected chi connectivity index (χ4v) is 5.89. The van der Waals surface area contributed by atoms with Crippen LogP contribution < -0.4 is 5.32 Å². The third-order valence-electron chi connectivity index (χ3n) is 6.75. The number of hydrogen-bond acceptors (Lipinski definition) is 5. The quantitative estimate of drug-likeness (QED) is 0.332. The van der Waals surface area contributed by atoms with E-state index < -0.39 is 9.84 Å². The van der Waals surface area contributed by atoms with Crippen LogP contribution in [0, 0.1) is 0 Å². The number of nitrogens with one attached hydrogen (secondary N) is 2. The van der Waals surface area contributed by atoms with E-state index in [0.29, 0.717) is 23.7 Å². The zero-order valence-electron chi connectivity index (χ0n) is 19.7. The number of aromatic nitrogens is 1. The van der Waals surface area contributed by atoms with Crippen molar-refractivity contribution >= 4 is 39.3 Å². The molecule has 1 aliphatic rings. The van der Waals surface area contributed by atoms with Gasteiger partial charge in [0.1, 0.15) is 5.69 Å². The van der Waals surface area contributed by atoms with Gasteiger partial charge in [-0.1, -0.05) is 36.8 Å². The van der Waals surface area contributed by atoms with Crippen LogP contribution in [0.15, 0.2) is 59.5 Å². The van der Waals surface area contributed by atoms with Gasteiger partial charge >= 0.3 is 0 Å². The molecule has 1 aliphatic carbocycles. The Morgan fingerprint density at radius 1 is 1.15 bits per heavy atom. The average Bonchev–Trinajstić information content (AvgIpc) is 3.17. The summed E-state index contributed by atoms with van der Waals surface area (Å²) < 4.78 is 23.4. The molecule has 8 heteroatoms. The van der Waals surface area contributed by atoms with Crippen LogP contribution in [0.3, 0.4) is 0 Å². The van der Waals surface area contributed by atoms with Crippen LogP contribution in [-0.4, -0.2) is 54.3 Å². The summed E-state index contributed by atoms with van der Waals surface area (Å²) in [6.07, 6.45) is 5.01. The van der Waals surface area contributed by atoms with E-state index in [-0.39, 0.29) is 23.2 Å². The molecule has 0 unspecified atom stereocenters. The highest BCUT2D eigenvalue weighted by molar-refractivity contribution is 7.90. The van der Waals surface area contributed by atoms with Crippen LogP contribution in [0.5, 0.6) is 0 Å². The third kappa shape index (κ3) is 5.67. The summed E-state index contributed by atoms with van der Waals surface area (Å²) in [5.41, 5.74) is 2.63. The van der Waals surface area contributed by atoms with Crippen molar-refractivity contribution < 1.29 is 13.2 Å². The Morgan fingerprint density at radius 2 is 1.88 bits per heavy atom. The second-order valence-electron chi connectivity index (χ2n) is 9.15. The van der Waals surface area contributed by atoms with Crippen LogP contribution >= 0.6 is 12.6 Å². The minimum Gasteiger partial charge on any atom is -0.351 e. The highest BCUT2D eigenvalue weighted by Gasteiger charge is 2.31. The number of H-pyrrole nitrogens is 1. The molecule has 1 fully saturated rings. The molecule has 1 saturated carbocycles. The number of nitrogens with zero attached hydrogens (tertiary/aromatic N) is 1. The summed E-state index contributed by atoms with van der Waals surface area (Å²) in [6.45, 7) is 3.31. The molecule has 3 aromatic rings. The van der Waals surface area contributed by atoms with Gasteiger partial charge in [-0.05, 0) is 56.0 Å². The summed E-state index contributed by atoms with van der Waals surface area (Å²) in [6, 6.07) is 17.2. The Morgan fingerprint density at radius 3 is 2.56 bits per heavy atom. The first-order chi connectivity index (χ1) is 16.3. The number of aromatic amines is 1. The molecule has 182 valence electrons. The molecule has 1 heterocycles. The minimum absolute atomic E-state index is 0.0384. The second-order valence-corrected chi connectivity index (χ2v) is 11.8. The van der Waals surface area contributed by atoms with E-state index in [2.05, 4.69) is 10.3 Å². The van der Waals surface area contributed by atoms with E-state index in [9.17, 15) is 13.2 Å². The number of benzene rings is 2. The first-order valence-corrected chi connectivity index (χ1v) is 14.3. The SMILES string of the molecule is CCN(C(=O)c1cc2ccccc2[nH]1)[C@H]1CCC[C@H](S)[C@@H](NCc2ccc(S(C)(=O)=O)cc2)C1. The van der Waals surface area contributed by atoms with Gasteiger partial charge in [0.25, 0.3) is 5.91 Å². The first kappa shape index (κ1) is 24.8. The number of fused-ring (bicyclic) bond motifs is 1. The van der Waals surface area contributed by atoms with Crippen LogP contribution in [0.4, 0.5) is 0 Å². The molecule has 1 amide bonds. The van der Waals surface area contributed by atoms with Crippen molar-refractivity contribution in [2.75, 3.05) is 12.8 Å². The molecule has 1 aromatic heterocycles. The number of sulfone groups is 1. The molecule has 6 nitrogen and oxygen atoms in total. The van der Waals surface area contributed by atoms with E-state index in [0.717, 1.165) is 42.1 Å². The number of amides is 1. The number of hydrogen-bond donors (Lipinski definition) is 3. The molecule has 0 spiro atoms. The van der Waals surface area contributed by atoms with Gasteiger partial charge in [0.15, 0.2) is 9.84 Å². The predicted molar refractivity (Wildman–Crippen MR) is 140 cm³/mol. The van der Waals surface area contributed by atoms with Gasteiger partial charge in [0.05, 0.1) is 4.90 Å². The summed E-state index contributed by atoms with van der Waals surface area (Å²) in [4.78, 5) is 19.0. The zero-order chi connectivity index (χ0) is 24.3. The van der Waals surface area contributed by atoms with Gasteiger partial charge in [0, 0.05) is 47.6 Å². The highest BCUT2D eigenvalue weighted by Crippen LogP contribution is 2.28. The first-order valence-electron chi connectivity index (χ1n) is 11.9. The zero-order valence-corrected chi connectivity index (χ0v) is 21.4. The maximum Gasteiger partial charge on any atom is 0.270 e. The van der Waals surface area contributed by atoms with Crippen molar-refractivity contribution in [2.24, 2.45) is 0 Å². The molecular weight excluding hydrogens is 466 g/mol. The van der Waals surface area contributed by atoms with Crippen molar-refractivity contribution in [1.29, 1.82) is 0 Å². The molecule has 4 rings (SSSR count). The highest BCUT2D eigenvalue weighted by atomic mass is 32.2. The van der Waals surface area contributed by atoms with E-state index in [1.54, 1.807) is 12.1 Å². The van der Waals surface area contributed by atoms with E-state index in [1.165, 1.54) is 6.26 Å². The van der Waals surface area contributed by atoms with Gasteiger partial charge in [0.2, 0.25) is 0 Å². The molecule has 0 bridgehead atoms. The van der Waals surface area contributed by atoms with Gasteiger partial charge in [-0.15, -0.1) is 0 Å². The summed E-state index contributed by atoms with van der Waals surface area (Å²) in [7, 11) is -3.20. The van der Waals surface area contributed by atoms with Crippen molar-refractivity contribution in [3.8, 4) is 0 Å². The molecule has 3 atom stereocenters. The van der Waals surface area contributed by atoms with Gasteiger partial charge in [-0.2, -0.15) is 12.6 Å². The van der Waals surface area contributed by atoms with Crippen LogP contribution in [0.2, 0.25) is 0 Å². The molecule has 2 N–H and O–H groups in total. The van der Waals surface area contributed by atoms with Gasteiger partial charge in [-0.25, -0.2) is 8.42 Å². The Hall–Kier alpha value is -2.29. The van der Waals surface area contributed by atoms with Crippen molar-refractivity contribution in [3.63, 3.8) is 0 Å². The lowest BCUT2D eigenvalue weighted by Crippen LogP contribution is -2.45. The standard InChI is InChI=1S/C26H33N3O3S2/c1-3-29(26(30)24-15-19-7-4-5-9-22(19)28-24)20-8-6-10-25(33)23(16-20)27-17-18-11-13-21(14-12-18)34(2,31)32/h4-5,7,9,11-15,20,23,25,27-28,33H,3,6,8,10,16-17H2,1-2H3/t20-,23-,25-/m0/s1. The lowest BCUT2D eigenvalue weighted by atomic mass is 10.0. The smallest absolute Gasteiger partial charge is 0.270 e. The van der Waals surface area contributed by atoms with Crippen molar-refractivity contribution in [1.82, 2.24) is 15.2 Å². The molecule has 34 heavy (non-hydrogen) atoms. The molecule has 0 radical (unpaired) electrons. The lowest BCUT2D eigenvalue weighted by Gasteiger charge is -2.33. The summed E-state index contributed by atoms with van der Waals surface area (Å²) in [5.74, 6) is 0.0384. The number of carbonyl (C=O) groups excluding carboxylic acids is 1. The molecule has 0 saturated heterocycles. The Kier molecular flexibility index (Phi) is 7.70. The number of thiol groups is 1. The maximum absolute atomic E-state index is 13.4. The lowest BCUT2D eigenvalue weighted by molar-refractivity contribution is 0.0660. The van der Waals surface area contributed by atoms with Gasteiger partial charge < -0.3 is 15.2 Å². The predicted octanol–water partition coefficient (Wildman–Crippen LogP) is 4.43. The summed E-state index contributed by atoms with van der Waals surface area (Å²) in [5, 5.41) is 4.86. The van der Waals surface area contributed by atoms with E-state index >= 15 is 0 Å². The second kappa shape index (κ2) is 10.5. The maximum atomic E-state index is 13.4. The van der Waals surface area contributed by atoms with Crippen LogP contribution in [0.25, 0.3) is 10.9 Å². The monoisotopic (exact) mass is 499 g/mol. The fourth-order valence-electron chi connectivity index (χ4n) is 4.85.